The first-order valence-electron chi connectivity index (χ1n) is 5.64. The normalized spacial score (nSPS) is 11.6. The van der Waals surface area contributed by atoms with Crippen LogP contribution in [0.5, 0.6) is 0 Å². The first-order valence-corrected chi connectivity index (χ1v) is 5.64. The second-order valence-electron chi connectivity index (χ2n) is 3.91. The molecule has 18 heavy (non-hydrogen) atoms. The molecule has 0 saturated heterocycles. The number of pyridine rings is 1. The van der Waals surface area contributed by atoms with Gasteiger partial charge in [0.05, 0.1) is 11.3 Å². The third kappa shape index (κ3) is 2.37. The van der Waals surface area contributed by atoms with Crippen LogP contribution in [0.3, 0.4) is 0 Å². The van der Waals surface area contributed by atoms with Gasteiger partial charge in [-0.1, -0.05) is 31.2 Å². The predicted octanol–water partition coefficient (Wildman–Crippen LogP) is 4.33. The van der Waals surface area contributed by atoms with E-state index in [-0.39, 0.29) is 5.56 Å². The summed E-state index contributed by atoms with van der Waals surface area (Å²) in [6, 6.07) is 9.07. The summed E-state index contributed by atoms with van der Waals surface area (Å²) >= 11 is 0. The lowest BCUT2D eigenvalue weighted by Gasteiger charge is -2.14. The van der Waals surface area contributed by atoms with Crippen molar-refractivity contribution in [3.63, 3.8) is 0 Å². The summed E-state index contributed by atoms with van der Waals surface area (Å²) in [5.74, 6) is 0. The van der Waals surface area contributed by atoms with Crippen LogP contribution in [-0.2, 0) is 12.6 Å². The first kappa shape index (κ1) is 12.6. The van der Waals surface area contributed by atoms with Crippen molar-refractivity contribution in [3.05, 3.63) is 53.7 Å². The summed E-state index contributed by atoms with van der Waals surface area (Å²) in [6.45, 7) is 1.90. The van der Waals surface area contributed by atoms with Crippen LogP contribution in [0.25, 0.3) is 11.3 Å². The van der Waals surface area contributed by atoms with Gasteiger partial charge in [-0.25, -0.2) is 0 Å². The van der Waals surface area contributed by atoms with E-state index in [1.165, 1.54) is 18.3 Å². The van der Waals surface area contributed by atoms with E-state index in [1.54, 1.807) is 18.2 Å². The molecule has 0 amide bonds. The highest BCUT2D eigenvalue weighted by atomic mass is 19.4. The molecule has 1 aromatic carbocycles. The highest BCUT2D eigenvalue weighted by molar-refractivity contribution is 5.67. The Hall–Kier alpha value is -1.84. The quantitative estimate of drug-likeness (QED) is 0.774. The van der Waals surface area contributed by atoms with Crippen molar-refractivity contribution in [1.29, 1.82) is 0 Å². The second kappa shape index (κ2) is 4.80. The summed E-state index contributed by atoms with van der Waals surface area (Å²) < 4.78 is 38.8. The Morgan fingerprint density at radius 2 is 1.78 bits per heavy atom. The van der Waals surface area contributed by atoms with Crippen LogP contribution in [-0.4, -0.2) is 4.98 Å². The molecule has 0 radical (unpaired) electrons. The minimum Gasteiger partial charge on any atom is -0.256 e. The molecule has 0 fully saturated rings. The van der Waals surface area contributed by atoms with Crippen LogP contribution >= 0.6 is 0 Å². The molecule has 0 spiro atoms. The smallest absolute Gasteiger partial charge is 0.256 e. The Morgan fingerprint density at radius 3 is 2.44 bits per heavy atom. The standard InChI is InChI=1S/C14H12F3N/c1-2-10-6-5-9-18-13(10)11-7-3-4-8-12(11)14(15,16)17/h3-9H,2H2,1H3. The van der Waals surface area contributed by atoms with Crippen molar-refractivity contribution in [2.24, 2.45) is 0 Å². The summed E-state index contributed by atoms with van der Waals surface area (Å²) in [5.41, 5.74) is 0.725. The number of benzene rings is 1. The SMILES string of the molecule is CCc1cccnc1-c1ccccc1C(F)(F)F. The van der Waals surface area contributed by atoms with Gasteiger partial charge in [-0.15, -0.1) is 0 Å². The summed E-state index contributed by atoms with van der Waals surface area (Å²) in [4.78, 5) is 4.09. The van der Waals surface area contributed by atoms with E-state index in [9.17, 15) is 13.2 Å². The molecule has 94 valence electrons. The molecule has 0 N–H and O–H groups in total. The van der Waals surface area contributed by atoms with Gasteiger partial charge in [0, 0.05) is 11.8 Å². The Kier molecular flexibility index (Phi) is 3.36. The van der Waals surface area contributed by atoms with E-state index in [4.69, 9.17) is 0 Å². The third-order valence-corrected chi connectivity index (χ3v) is 2.76. The van der Waals surface area contributed by atoms with Gasteiger partial charge < -0.3 is 0 Å². The molecular weight excluding hydrogens is 239 g/mol. The van der Waals surface area contributed by atoms with Gasteiger partial charge in [-0.3, -0.25) is 4.98 Å². The largest absolute Gasteiger partial charge is 0.417 e. The molecule has 2 rings (SSSR count). The monoisotopic (exact) mass is 251 g/mol. The minimum absolute atomic E-state index is 0.141. The predicted molar refractivity (Wildman–Crippen MR) is 64.1 cm³/mol. The van der Waals surface area contributed by atoms with Crippen molar-refractivity contribution in [2.75, 3.05) is 0 Å². The molecule has 0 atom stereocenters. The number of aryl methyl sites for hydroxylation is 1. The molecule has 1 aromatic heterocycles. The van der Waals surface area contributed by atoms with Crippen molar-refractivity contribution in [1.82, 2.24) is 4.98 Å². The van der Waals surface area contributed by atoms with Gasteiger partial charge in [0.15, 0.2) is 0 Å². The number of rotatable bonds is 2. The van der Waals surface area contributed by atoms with Crippen LogP contribution in [0.4, 0.5) is 13.2 Å². The van der Waals surface area contributed by atoms with E-state index >= 15 is 0 Å². The lowest BCUT2D eigenvalue weighted by Crippen LogP contribution is -2.08. The van der Waals surface area contributed by atoms with Gasteiger partial charge in [-0.05, 0) is 24.1 Å². The molecule has 0 bridgehead atoms. The fourth-order valence-electron chi connectivity index (χ4n) is 1.90. The lowest BCUT2D eigenvalue weighted by atomic mass is 9.99. The van der Waals surface area contributed by atoms with E-state index < -0.39 is 11.7 Å². The average molecular weight is 251 g/mol. The summed E-state index contributed by atoms with van der Waals surface area (Å²) in [6.07, 6.45) is -2.20. The Labute approximate surface area is 103 Å². The molecule has 0 aliphatic rings. The molecule has 0 aliphatic heterocycles. The van der Waals surface area contributed by atoms with E-state index in [0.717, 1.165) is 11.6 Å². The summed E-state index contributed by atoms with van der Waals surface area (Å²) in [7, 11) is 0. The zero-order valence-corrected chi connectivity index (χ0v) is 9.83. The maximum absolute atomic E-state index is 12.9. The number of halogens is 3. The van der Waals surface area contributed by atoms with Gasteiger partial charge in [0.2, 0.25) is 0 Å². The van der Waals surface area contributed by atoms with Crippen molar-refractivity contribution >= 4 is 0 Å². The molecular formula is C14H12F3N. The van der Waals surface area contributed by atoms with Crippen molar-refractivity contribution in [3.8, 4) is 11.3 Å². The topological polar surface area (TPSA) is 12.9 Å². The average Bonchev–Trinajstić information content (AvgIpc) is 2.37. The molecule has 4 heteroatoms. The van der Waals surface area contributed by atoms with Gasteiger partial charge >= 0.3 is 6.18 Å². The maximum Gasteiger partial charge on any atom is 0.417 e. The minimum atomic E-state index is -4.36. The molecule has 1 heterocycles. The van der Waals surface area contributed by atoms with Crippen LogP contribution in [0.2, 0.25) is 0 Å². The lowest BCUT2D eigenvalue weighted by molar-refractivity contribution is -0.137. The third-order valence-electron chi connectivity index (χ3n) is 2.76. The Bertz CT molecular complexity index is 547. The fourth-order valence-corrected chi connectivity index (χ4v) is 1.90. The van der Waals surface area contributed by atoms with Crippen LogP contribution in [0, 0.1) is 0 Å². The highest BCUT2D eigenvalue weighted by Crippen LogP contribution is 2.37. The second-order valence-corrected chi connectivity index (χ2v) is 3.91. The highest BCUT2D eigenvalue weighted by Gasteiger charge is 2.33. The molecule has 0 saturated carbocycles. The van der Waals surface area contributed by atoms with E-state index in [2.05, 4.69) is 4.98 Å². The van der Waals surface area contributed by atoms with Gasteiger partial charge in [0.1, 0.15) is 0 Å². The molecule has 2 aromatic rings. The number of aromatic nitrogens is 1. The van der Waals surface area contributed by atoms with Crippen molar-refractivity contribution in [2.45, 2.75) is 19.5 Å². The van der Waals surface area contributed by atoms with Crippen LogP contribution < -0.4 is 0 Å². The fraction of sp³-hybridized carbons (Fsp3) is 0.214. The van der Waals surface area contributed by atoms with Gasteiger partial charge in [-0.2, -0.15) is 13.2 Å². The van der Waals surface area contributed by atoms with E-state index in [1.807, 2.05) is 6.92 Å². The Balaban J connectivity index is 2.65. The van der Waals surface area contributed by atoms with E-state index in [0.29, 0.717) is 12.1 Å². The summed E-state index contributed by atoms with van der Waals surface area (Å²) in [5, 5.41) is 0. The van der Waals surface area contributed by atoms with Gasteiger partial charge in [0.25, 0.3) is 0 Å². The maximum atomic E-state index is 12.9. The van der Waals surface area contributed by atoms with Crippen LogP contribution in [0.15, 0.2) is 42.6 Å². The molecule has 0 aliphatic carbocycles. The number of hydrogen-bond acceptors (Lipinski definition) is 1. The Morgan fingerprint density at radius 1 is 1.06 bits per heavy atom. The van der Waals surface area contributed by atoms with Crippen molar-refractivity contribution < 1.29 is 13.2 Å². The number of nitrogens with zero attached hydrogens (tertiary/aromatic N) is 1. The zero-order valence-electron chi connectivity index (χ0n) is 9.83. The molecule has 1 nitrogen and oxygen atoms in total. The molecule has 0 unspecified atom stereocenters. The number of alkyl halides is 3. The first-order chi connectivity index (χ1) is 8.54. The number of hydrogen-bond donors (Lipinski definition) is 0. The van der Waals surface area contributed by atoms with Crippen LogP contribution in [0.1, 0.15) is 18.1 Å². The zero-order chi connectivity index (χ0) is 13.2.